The molecule has 0 aliphatic carbocycles. The summed E-state index contributed by atoms with van der Waals surface area (Å²) in [6, 6.07) is 5.44. The predicted octanol–water partition coefficient (Wildman–Crippen LogP) is 6.33. The molecule has 1 unspecified atom stereocenters. The lowest BCUT2D eigenvalue weighted by Gasteiger charge is -2.32. The van der Waals surface area contributed by atoms with E-state index in [1.807, 2.05) is 12.1 Å². The average molecular weight is 621 g/mol. The van der Waals surface area contributed by atoms with E-state index < -0.39 is 35.7 Å². The Morgan fingerprint density at radius 1 is 0.977 bits per heavy atom. The molecule has 0 heterocycles. The fraction of sp³-hybridized carbons (Fsp3) is 0.743. The zero-order valence-electron chi connectivity index (χ0n) is 29.2. The first kappa shape index (κ1) is 39.2. The van der Waals surface area contributed by atoms with Gasteiger partial charge >= 0.3 is 12.1 Å². The van der Waals surface area contributed by atoms with E-state index >= 15 is 0 Å². The lowest BCUT2D eigenvalue weighted by atomic mass is 9.80. The molecule has 4 atom stereocenters. The van der Waals surface area contributed by atoms with Gasteiger partial charge in [0.1, 0.15) is 11.4 Å². The quantitative estimate of drug-likeness (QED) is 0.137. The molecular formula is C35H60N2O7. The summed E-state index contributed by atoms with van der Waals surface area (Å²) in [6.45, 7) is 22.2. The van der Waals surface area contributed by atoms with Crippen molar-refractivity contribution in [1.29, 1.82) is 0 Å². The second kappa shape index (κ2) is 18.2. The highest BCUT2D eigenvalue weighted by molar-refractivity contribution is 5.78. The lowest BCUT2D eigenvalue weighted by Crippen LogP contribution is -2.48. The number of ether oxygens (including phenoxy) is 3. The van der Waals surface area contributed by atoms with E-state index in [1.54, 1.807) is 34.6 Å². The maximum atomic E-state index is 12.9. The van der Waals surface area contributed by atoms with Gasteiger partial charge in [0.05, 0.1) is 18.8 Å². The third-order valence-electron chi connectivity index (χ3n) is 7.60. The van der Waals surface area contributed by atoms with Crippen LogP contribution in [0, 0.1) is 17.8 Å². The van der Waals surface area contributed by atoms with Crippen LogP contribution in [0.5, 0.6) is 5.75 Å². The van der Waals surface area contributed by atoms with Crippen LogP contribution in [0.1, 0.15) is 113 Å². The molecule has 0 saturated carbocycles. The van der Waals surface area contributed by atoms with Crippen LogP contribution in [0.25, 0.3) is 0 Å². The maximum Gasteiger partial charge on any atom is 0.407 e. The van der Waals surface area contributed by atoms with Crippen LogP contribution in [-0.2, 0) is 30.9 Å². The van der Waals surface area contributed by atoms with E-state index in [0.717, 1.165) is 24.0 Å². The Morgan fingerprint density at radius 3 is 2.18 bits per heavy atom. The van der Waals surface area contributed by atoms with E-state index in [4.69, 9.17) is 14.2 Å². The summed E-state index contributed by atoms with van der Waals surface area (Å²) in [5, 5.41) is 17.2. The number of unbranched alkanes of at least 4 members (excludes halogenated alkanes) is 1. The van der Waals surface area contributed by atoms with Crippen molar-refractivity contribution in [3.05, 3.63) is 29.3 Å². The van der Waals surface area contributed by atoms with Crippen molar-refractivity contribution in [3.63, 3.8) is 0 Å². The summed E-state index contributed by atoms with van der Waals surface area (Å²) < 4.78 is 16.6. The topological polar surface area (TPSA) is 123 Å². The molecule has 2 amide bonds. The molecule has 1 aromatic rings. The third kappa shape index (κ3) is 14.8. The van der Waals surface area contributed by atoms with E-state index in [2.05, 4.69) is 58.2 Å². The Hall–Kier alpha value is -2.81. The zero-order valence-corrected chi connectivity index (χ0v) is 29.2. The van der Waals surface area contributed by atoms with Gasteiger partial charge in [0, 0.05) is 12.5 Å². The number of benzene rings is 1. The van der Waals surface area contributed by atoms with Crippen LogP contribution in [-0.4, -0.2) is 60.6 Å². The van der Waals surface area contributed by atoms with Crippen LogP contribution in [0.3, 0.4) is 0 Å². The van der Waals surface area contributed by atoms with Crippen molar-refractivity contribution in [2.75, 3.05) is 19.8 Å². The van der Waals surface area contributed by atoms with Crippen molar-refractivity contribution in [3.8, 4) is 5.75 Å². The minimum Gasteiger partial charge on any atom is -0.482 e. The summed E-state index contributed by atoms with van der Waals surface area (Å²) in [6.07, 6.45) is 1.51. The number of carbonyl (C=O) groups excluding carboxylic acids is 3. The molecule has 252 valence electrons. The van der Waals surface area contributed by atoms with Gasteiger partial charge in [-0.2, -0.15) is 0 Å². The molecule has 0 fully saturated rings. The van der Waals surface area contributed by atoms with Crippen molar-refractivity contribution < 1.29 is 33.7 Å². The molecule has 0 aliphatic heterocycles. The van der Waals surface area contributed by atoms with Gasteiger partial charge in [-0.05, 0) is 87.8 Å². The Labute approximate surface area is 266 Å². The molecule has 0 saturated heterocycles. The molecule has 44 heavy (non-hydrogen) atoms. The Balaban J connectivity index is 3.30. The molecule has 9 nitrogen and oxygen atoms in total. The first-order chi connectivity index (χ1) is 20.4. The zero-order chi connectivity index (χ0) is 33.7. The smallest absolute Gasteiger partial charge is 0.407 e. The SMILES string of the molecule is CCCCNC(=O)C(C)C[C@H](O)[C@H](C[C@H](Cc1ccc(C(C)(C)C)cc1OCC(=O)OCC)C(C)C)NC(=O)OC(C)(C)C. The van der Waals surface area contributed by atoms with Crippen molar-refractivity contribution in [1.82, 2.24) is 10.6 Å². The predicted molar refractivity (Wildman–Crippen MR) is 175 cm³/mol. The van der Waals surface area contributed by atoms with Crippen LogP contribution in [0.15, 0.2) is 18.2 Å². The number of rotatable bonds is 17. The summed E-state index contributed by atoms with van der Waals surface area (Å²) in [4.78, 5) is 37.7. The molecular weight excluding hydrogens is 560 g/mol. The highest BCUT2D eigenvalue weighted by Crippen LogP contribution is 2.33. The number of alkyl carbamates (subject to hydrolysis) is 1. The average Bonchev–Trinajstić information content (AvgIpc) is 2.89. The molecule has 0 aliphatic rings. The van der Waals surface area contributed by atoms with Gasteiger partial charge in [-0.3, -0.25) is 4.79 Å². The Kier molecular flexibility index (Phi) is 16.2. The number of hydrogen-bond acceptors (Lipinski definition) is 7. The summed E-state index contributed by atoms with van der Waals surface area (Å²) in [7, 11) is 0. The number of carbonyl (C=O) groups is 3. The summed E-state index contributed by atoms with van der Waals surface area (Å²) in [5.41, 5.74) is 1.18. The van der Waals surface area contributed by atoms with Gasteiger partial charge in [0.25, 0.3) is 0 Å². The highest BCUT2D eigenvalue weighted by Gasteiger charge is 2.31. The van der Waals surface area contributed by atoms with Gasteiger partial charge in [-0.25, -0.2) is 9.59 Å². The first-order valence-corrected chi connectivity index (χ1v) is 16.2. The molecule has 3 N–H and O–H groups in total. The minimum atomic E-state index is -0.974. The number of nitrogens with one attached hydrogen (secondary N) is 2. The van der Waals surface area contributed by atoms with Crippen LogP contribution >= 0.6 is 0 Å². The van der Waals surface area contributed by atoms with Crippen molar-refractivity contribution >= 4 is 18.0 Å². The van der Waals surface area contributed by atoms with E-state index in [9.17, 15) is 19.5 Å². The molecule has 1 aromatic carbocycles. The van der Waals surface area contributed by atoms with Crippen molar-refractivity contribution in [2.24, 2.45) is 17.8 Å². The van der Waals surface area contributed by atoms with E-state index in [0.29, 0.717) is 25.1 Å². The van der Waals surface area contributed by atoms with Gasteiger partial charge in [-0.1, -0.05) is 67.0 Å². The maximum absolute atomic E-state index is 12.9. The fourth-order valence-electron chi connectivity index (χ4n) is 4.83. The number of aliphatic hydroxyl groups excluding tert-OH is 1. The van der Waals surface area contributed by atoms with Crippen LogP contribution in [0.2, 0.25) is 0 Å². The van der Waals surface area contributed by atoms with Gasteiger partial charge < -0.3 is 30.0 Å². The van der Waals surface area contributed by atoms with E-state index in [-0.39, 0.29) is 42.8 Å². The van der Waals surface area contributed by atoms with Gasteiger partial charge in [0.2, 0.25) is 5.91 Å². The second-order valence-electron chi connectivity index (χ2n) is 14.2. The molecule has 0 radical (unpaired) electrons. The largest absolute Gasteiger partial charge is 0.482 e. The number of esters is 1. The molecule has 9 heteroatoms. The highest BCUT2D eigenvalue weighted by atomic mass is 16.6. The molecule has 1 rings (SSSR count). The van der Waals surface area contributed by atoms with E-state index in [1.165, 1.54) is 0 Å². The van der Waals surface area contributed by atoms with Crippen LogP contribution < -0.4 is 15.4 Å². The third-order valence-corrected chi connectivity index (χ3v) is 7.60. The fourth-order valence-corrected chi connectivity index (χ4v) is 4.83. The minimum absolute atomic E-state index is 0.0173. The monoisotopic (exact) mass is 620 g/mol. The van der Waals surface area contributed by atoms with Crippen LogP contribution in [0.4, 0.5) is 4.79 Å². The first-order valence-electron chi connectivity index (χ1n) is 16.2. The van der Waals surface area contributed by atoms with Gasteiger partial charge in [-0.15, -0.1) is 0 Å². The van der Waals surface area contributed by atoms with Gasteiger partial charge in [0.15, 0.2) is 6.61 Å². The molecule has 0 bridgehead atoms. The Morgan fingerprint density at radius 2 is 1.64 bits per heavy atom. The normalized spacial score (nSPS) is 14.8. The second-order valence-corrected chi connectivity index (χ2v) is 14.2. The summed E-state index contributed by atoms with van der Waals surface area (Å²) >= 11 is 0. The number of aliphatic hydroxyl groups is 1. The number of hydrogen-bond donors (Lipinski definition) is 3. The number of amides is 2. The summed E-state index contributed by atoms with van der Waals surface area (Å²) in [5.74, 6) is -0.168. The lowest BCUT2D eigenvalue weighted by molar-refractivity contribution is -0.145. The molecule has 0 aromatic heterocycles. The molecule has 0 spiro atoms. The Bertz CT molecular complexity index is 1040. The standard InChI is InChI=1S/C35H60N2O7/c1-12-14-17-36-32(40)24(5)18-29(38)28(37-33(41)44-35(9,10)11)20-26(23(3)4)19-25-15-16-27(34(6,7)8)21-30(25)43-22-31(39)42-13-2/h15-16,21,23-24,26,28-29,38H,12-14,17-20,22H2,1-11H3,(H,36,40)(H,37,41)/t24?,26-,28-,29-/m0/s1. The van der Waals surface area contributed by atoms with Crippen molar-refractivity contribution in [2.45, 2.75) is 131 Å².